The summed E-state index contributed by atoms with van der Waals surface area (Å²) in [7, 11) is -3.64. The van der Waals surface area contributed by atoms with E-state index in [-0.39, 0.29) is 28.2 Å². The molecule has 2 N–H and O–H groups in total. The topological polar surface area (TPSA) is 95.6 Å². The second-order valence-electron chi connectivity index (χ2n) is 11.0. The number of nitrogens with one attached hydrogen (secondary N) is 2. The van der Waals surface area contributed by atoms with E-state index < -0.39 is 10.0 Å². The average molecular weight is 486 g/mol. The Morgan fingerprint density at radius 2 is 1.56 bits per heavy atom. The van der Waals surface area contributed by atoms with Crippen LogP contribution in [0.1, 0.15) is 61.7 Å². The normalized spacial score (nSPS) is 31.2. The number of carbonyl (C=O) groups is 2. The molecule has 0 radical (unpaired) electrons. The summed E-state index contributed by atoms with van der Waals surface area (Å²) in [5.74, 6) is 2.17. The van der Waals surface area contributed by atoms with Gasteiger partial charge in [0.25, 0.3) is 5.91 Å². The first-order valence-corrected chi connectivity index (χ1v) is 14.0. The number of hydrogen-bond acceptors (Lipinski definition) is 4. The summed E-state index contributed by atoms with van der Waals surface area (Å²) in [6, 6.07) is 6.23. The lowest BCUT2D eigenvalue weighted by molar-refractivity contribution is -0.117. The Bertz CT molecular complexity index is 1020. The summed E-state index contributed by atoms with van der Waals surface area (Å²) in [6.07, 6.45) is 10.2. The highest BCUT2D eigenvalue weighted by Gasteiger charge is 2.50. The van der Waals surface area contributed by atoms with Crippen LogP contribution in [0.2, 0.25) is 0 Å². The summed E-state index contributed by atoms with van der Waals surface area (Å²) in [4.78, 5) is 24.5. The van der Waals surface area contributed by atoms with Crippen molar-refractivity contribution in [2.24, 2.45) is 23.2 Å². The standard InChI is InChI=1S/C26H35N3O4S/c1-2-24(30)28-22-7-9-29(10-8-22)34(32,33)23-5-3-21(4-6-23)25(31)27-17-26-14-18-11-19(15-26)13-20(12-18)16-26/h2-6,18-20,22H,1,7-17H2,(H,27,31)(H,28,30). The van der Waals surface area contributed by atoms with Crippen LogP contribution in [0, 0.1) is 23.2 Å². The van der Waals surface area contributed by atoms with Gasteiger partial charge in [0.05, 0.1) is 4.90 Å². The third-order valence-electron chi connectivity index (χ3n) is 8.53. The molecule has 1 saturated heterocycles. The quantitative estimate of drug-likeness (QED) is 0.580. The van der Waals surface area contributed by atoms with Crippen LogP contribution in [-0.2, 0) is 14.8 Å². The SMILES string of the molecule is C=CC(=O)NC1CCN(S(=O)(=O)c2ccc(C(=O)NCC34CC5CC(CC(C5)C3)C4)cc2)CC1. The van der Waals surface area contributed by atoms with Gasteiger partial charge in [0.15, 0.2) is 0 Å². The van der Waals surface area contributed by atoms with Gasteiger partial charge in [-0.2, -0.15) is 4.31 Å². The Kier molecular flexibility index (Phi) is 6.31. The van der Waals surface area contributed by atoms with Crippen LogP contribution in [-0.4, -0.2) is 50.2 Å². The monoisotopic (exact) mass is 485 g/mol. The zero-order valence-corrected chi connectivity index (χ0v) is 20.5. The van der Waals surface area contributed by atoms with Crippen LogP contribution in [0.15, 0.2) is 41.8 Å². The van der Waals surface area contributed by atoms with Crippen LogP contribution >= 0.6 is 0 Å². The highest BCUT2D eigenvalue weighted by Crippen LogP contribution is 2.59. The second kappa shape index (κ2) is 9.11. The van der Waals surface area contributed by atoms with E-state index in [1.54, 1.807) is 12.1 Å². The Morgan fingerprint density at radius 1 is 1.00 bits per heavy atom. The van der Waals surface area contributed by atoms with Crippen molar-refractivity contribution >= 4 is 21.8 Å². The van der Waals surface area contributed by atoms with Gasteiger partial charge in [-0.25, -0.2) is 8.42 Å². The number of amides is 2. The van der Waals surface area contributed by atoms with E-state index in [0.717, 1.165) is 24.3 Å². The molecule has 8 heteroatoms. The van der Waals surface area contributed by atoms with Crippen molar-refractivity contribution < 1.29 is 18.0 Å². The number of rotatable bonds is 7. The number of carbonyl (C=O) groups excluding carboxylic acids is 2. The van der Waals surface area contributed by atoms with E-state index in [1.165, 1.54) is 61.0 Å². The maximum Gasteiger partial charge on any atom is 0.251 e. The van der Waals surface area contributed by atoms with Crippen LogP contribution in [0.25, 0.3) is 0 Å². The predicted molar refractivity (Wildman–Crippen MR) is 130 cm³/mol. The van der Waals surface area contributed by atoms with Gasteiger partial charge >= 0.3 is 0 Å². The molecule has 1 heterocycles. The molecule has 5 fully saturated rings. The second-order valence-corrected chi connectivity index (χ2v) is 13.0. The van der Waals surface area contributed by atoms with E-state index >= 15 is 0 Å². The van der Waals surface area contributed by atoms with Gasteiger partial charge < -0.3 is 10.6 Å². The van der Waals surface area contributed by atoms with Crippen molar-refractivity contribution in [1.29, 1.82) is 0 Å². The molecule has 1 aromatic carbocycles. The summed E-state index contributed by atoms with van der Waals surface area (Å²) in [5, 5.41) is 5.99. The lowest BCUT2D eigenvalue weighted by atomic mass is 9.49. The number of hydrogen-bond donors (Lipinski definition) is 2. The Balaban J connectivity index is 1.17. The molecule has 0 unspecified atom stereocenters. The maximum absolute atomic E-state index is 13.1. The fourth-order valence-electron chi connectivity index (χ4n) is 7.30. The zero-order valence-electron chi connectivity index (χ0n) is 19.7. The van der Waals surface area contributed by atoms with Crippen molar-refractivity contribution in [3.05, 3.63) is 42.5 Å². The summed E-state index contributed by atoms with van der Waals surface area (Å²) < 4.78 is 27.6. The summed E-state index contributed by atoms with van der Waals surface area (Å²) in [5.41, 5.74) is 0.764. The van der Waals surface area contributed by atoms with Crippen molar-refractivity contribution in [3.63, 3.8) is 0 Å². The molecule has 6 rings (SSSR count). The van der Waals surface area contributed by atoms with Crippen LogP contribution < -0.4 is 10.6 Å². The highest BCUT2D eigenvalue weighted by molar-refractivity contribution is 7.89. The molecule has 184 valence electrons. The molecular weight excluding hydrogens is 450 g/mol. The first kappa shape index (κ1) is 23.5. The average Bonchev–Trinajstić information content (AvgIpc) is 2.82. The molecular formula is C26H35N3O4S. The lowest BCUT2D eigenvalue weighted by Crippen LogP contribution is -2.51. The van der Waals surface area contributed by atoms with Gasteiger partial charge in [-0.3, -0.25) is 9.59 Å². The first-order valence-electron chi connectivity index (χ1n) is 12.6. The van der Waals surface area contributed by atoms with Gasteiger partial charge in [0.2, 0.25) is 15.9 Å². The van der Waals surface area contributed by atoms with Gasteiger partial charge in [-0.15, -0.1) is 0 Å². The highest BCUT2D eigenvalue weighted by atomic mass is 32.2. The smallest absolute Gasteiger partial charge is 0.251 e. The fourth-order valence-corrected chi connectivity index (χ4v) is 8.77. The molecule has 2 amide bonds. The van der Waals surface area contributed by atoms with E-state index in [4.69, 9.17) is 0 Å². The molecule has 1 aliphatic heterocycles. The number of nitrogens with zero attached hydrogens (tertiary/aromatic N) is 1. The molecule has 4 bridgehead atoms. The molecule has 4 aliphatic carbocycles. The minimum absolute atomic E-state index is 0.0444. The van der Waals surface area contributed by atoms with E-state index in [9.17, 15) is 18.0 Å². The van der Waals surface area contributed by atoms with Crippen LogP contribution in [0.3, 0.4) is 0 Å². The lowest BCUT2D eigenvalue weighted by Gasteiger charge is -2.56. The first-order chi connectivity index (χ1) is 16.3. The third-order valence-corrected chi connectivity index (χ3v) is 10.4. The fraction of sp³-hybridized carbons (Fsp3) is 0.615. The molecule has 0 aromatic heterocycles. The molecule has 5 aliphatic rings. The van der Waals surface area contributed by atoms with Gasteiger partial charge in [-0.05, 0) is 105 Å². The molecule has 4 saturated carbocycles. The van der Waals surface area contributed by atoms with Crippen molar-refractivity contribution in [3.8, 4) is 0 Å². The summed E-state index contributed by atoms with van der Waals surface area (Å²) in [6.45, 7) is 4.86. The molecule has 0 atom stereocenters. The van der Waals surface area contributed by atoms with Gasteiger partial charge in [0.1, 0.15) is 0 Å². The van der Waals surface area contributed by atoms with Crippen molar-refractivity contribution in [1.82, 2.24) is 14.9 Å². The van der Waals surface area contributed by atoms with E-state index in [0.29, 0.717) is 31.5 Å². The van der Waals surface area contributed by atoms with E-state index in [1.807, 2.05) is 0 Å². The summed E-state index contributed by atoms with van der Waals surface area (Å²) >= 11 is 0. The Hall–Kier alpha value is -2.19. The molecule has 34 heavy (non-hydrogen) atoms. The molecule has 1 aromatic rings. The zero-order chi connectivity index (χ0) is 23.9. The van der Waals surface area contributed by atoms with Crippen molar-refractivity contribution in [2.45, 2.75) is 62.3 Å². The molecule has 0 spiro atoms. The minimum Gasteiger partial charge on any atom is -0.351 e. The Morgan fingerprint density at radius 3 is 2.09 bits per heavy atom. The van der Waals surface area contributed by atoms with E-state index in [2.05, 4.69) is 17.2 Å². The molecule has 7 nitrogen and oxygen atoms in total. The number of sulfonamides is 1. The Labute approximate surface area is 202 Å². The number of piperidine rings is 1. The van der Waals surface area contributed by atoms with Gasteiger partial charge in [0, 0.05) is 31.2 Å². The third kappa shape index (κ3) is 4.67. The number of benzene rings is 1. The maximum atomic E-state index is 13.1. The van der Waals surface area contributed by atoms with Crippen LogP contribution in [0.5, 0.6) is 0 Å². The van der Waals surface area contributed by atoms with Crippen molar-refractivity contribution in [2.75, 3.05) is 19.6 Å². The van der Waals surface area contributed by atoms with Gasteiger partial charge in [-0.1, -0.05) is 6.58 Å². The minimum atomic E-state index is -3.64. The predicted octanol–water partition coefficient (Wildman–Crippen LogP) is 3.09. The largest absolute Gasteiger partial charge is 0.351 e. The van der Waals surface area contributed by atoms with Crippen LogP contribution in [0.4, 0.5) is 0 Å².